The molecule has 3 rings (SSSR count). The Hall–Kier alpha value is -2.69. The number of anilines is 2. The largest absolute Gasteiger partial charge is 0.325 e. The van der Waals surface area contributed by atoms with E-state index in [4.69, 9.17) is 0 Å². The van der Waals surface area contributed by atoms with E-state index in [-0.39, 0.29) is 11.8 Å². The van der Waals surface area contributed by atoms with Crippen LogP contribution < -0.4 is 10.2 Å². The van der Waals surface area contributed by atoms with Gasteiger partial charge in [0.25, 0.3) is 5.91 Å². The van der Waals surface area contributed by atoms with Gasteiger partial charge in [0, 0.05) is 19.0 Å². The number of nitrogens with zero attached hydrogens (tertiary/aromatic N) is 1. The van der Waals surface area contributed by atoms with Gasteiger partial charge in [0.2, 0.25) is 5.91 Å². The van der Waals surface area contributed by atoms with Gasteiger partial charge in [-0.3, -0.25) is 9.59 Å². The Labute approximate surface area is 127 Å². The van der Waals surface area contributed by atoms with Crippen LogP contribution in [0, 0.1) is 5.82 Å². The van der Waals surface area contributed by atoms with E-state index in [1.54, 1.807) is 17.0 Å². The molecule has 5 heteroatoms. The third kappa shape index (κ3) is 2.57. The average Bonchev–Trinajstić information content (AvgIpc) is 2.91. The van der Waals surface area contributed by atoms with Crippen LogP contribution in [-0.4, -0.2) is 18.4 Å². The lowest BCUT2D eigenvalue weighted by molar-refractivity contribution is -0.114. The Morgan fingerprint density at radius 3 is 2.68 bits per heavy atom. The van der Waals surface area contributed by atoms with Gasteiger partial charge in [0.15, 0.2) is 0 Å². The zero-order chi connectivity index (χ0) is 15.7. The zero-order valence-electron chi connectivity index (χ0n) is 12.1. The summed E-state index contributed by atoms with van der Waals surface area (Å²) < 4.78 is 13.3. The van der Waals surface area contributed by atoms with Gasteiger partial charge in [0.1, 0.15) is 5.82 Å². The maximum Gasteiger partial charge on any atom is 0.258 e. The van der Waals surface area contributed by atoms with Crippen molar-refractivity contribution >= 4 is 23.2 Å². The van der Waals surface area contributed by atoms with E-state index in [0.29, 0.717) is 29.9 Å². The van der Waals surface area contributed by atoms with E-state index >= 15 is 0 Å². The molecule has 0 aromatic heterocycles. The minimum absolute atomic E-state index is 0.196. The summed E-state index contributed by atoms with van der Waals surface area (Å²) >= 11 is 0. The summed E-state index contributed by atoms with van der Waals surface area (Å²) in [4.78, 5) is 25.6. The fourth-order valence-electron chi connectivity index (χ4n) is 2.73. The number of hydrogen-bond donors (Lipinski definition) is 1. The second-order valence-electron chi connectivity index (χ2n) is 5.21. The van der Waals surface area contributed by atoms with E-state index < -0.39 is 5.82 Å². The normalized spacial score (nSPS) is 12.9. The van der Waals surface area contributed by atoms with Crippen molar-refractivity contribution in [1.29, 1.82) is 0 Å². The van der Waals surface area contributed by atoms with Crippen LogP contribution >= 0.6 is 0 Å². The Bertz CT molecular complexity index is 758. The van der Waals surface area contributed by atoms with Gasteiger partial charge in [0.05, 0.1) is 11.4 Å². The molecule has 0 bridgehead atoms. The van der Waals surface area contributed by atoms with Crippen LogP contribution in [-0.2, 0) is 11.2 Å². The second kappa shape index (κ2) is 5.60. The summed E-state index contributed by atoms with van der Waals surface area (Å²) in [6.07, 6.45) is 0.712. The molecule has 112 valence electrons. The minimum atomic E-state index is -0.444. The molecule has 0 spiro atoms. The van der Waals surface area contributed by atoms with E-state index in [1.807, 2.05) is 12.1 Å². The quantitative estimate of drug-likeness (QED) is 0.926. The number of rotatable bonds is 2. The molecule has 2 aromatic rings. The number of carbonyl (C=O) groups is 2. The zero-order valence-corrected chi connectivity index (χ0v) is 12.1. The smallest absolute Gasteiger partial charge is 0.258 e. The fraction of sp³-hybridized carbons (Fsp3) is 0.176. The predicted octanol–water partition coefficient (Wildman–Crippen LogP) is 2.99. The Kier molecular flexibility index (Phi) is 3.63. The third-order valence-electron chi connectivity index (χ3n) is 3.62. The van der Waals surface area contributed by atoms with Crippen LogP contribution in [0.1, 0.15) is 22.8 Å². The van der Waals surface area contributed by atoms with Gasteiger partial charge in [-0.2, -0.15) is 0 Å². The molecule has 0 fully saturated rings. The highest BCUT2D eigenvalue weighted by molar-refractivity contribution is 6.10. The van der Waals surface area contributed by atoms with Crippen LogP contribution in [0.5, 0.6) is 0 Å². The SMILES string of the molecule is CC(=O)Nc1cccc2c1N(C(=O)c1cccc(F)c1)CC2. The highest BCUT2D eigenvalue weighted by Crippen LogP contribution is 2.36. The number of nitrogens with one attached hydrogen (secondary N) is 1. The molecule has 0 radical (unpaired) electrons. The Morgan fingerprint density at radius 1 is 1.18 bits per heavy atom. The van der Waals surface area contributed by atoms with Crippen molar-refractivity contribution in [1.82, 2.24) is 0 Å². The number of hydrogen-bond acceptors (Lipinski definition) is 2. The van der Waals surface area contributed by atoms with Gasteiger partial charge in [-0.1, -0.05) is 18.2 Å². The minimum Gasteiger partial charge on any atom is -0.325 e. The van der Waals surface area contributed by atoms with Crippen molar-refractivity contribution in [3.05, 3.63) is 59.4 Å². The van der Waals surface area contributed by atoms with Gasteiger partial charge in [-0.15, -0.1) is 0 Å². The van der Waals surface area contributed by atoms with Gasteiger partial charge in [-0.25, -0.2) is 4.39 Å². The molecule has 0 saturated heterocycles. The van der Waals surface area contributed by atoms with E-state index in [2.05, 4.69) is 5.32 Å². The van der Waals surface area contributed by atoms with Crippen molar-refractivity contribution in [3.63, 3.8) is 0 Å². The lowest BCUT2D eigenvalue weighted by Crippen LogP contribution is -2.29. The molecule has 1 heterocycles. The molecule has 1 aliphatic heterocycles. The number of fused-ring (bicyclic) bond motifs is 1. The first-order valence-electron chi connectivity index (χ1n) is 7.03. The molecular weight excluding hydrogens is 283 g/mol. The van der Waals surface area contributed by atoms with Crippen molar-refractivity contribution in [2.45, 2.75) is 13.3 Å². The number of para-hydroxylation sites is 1. The summed E-state index contributed by atoms with van der Waals surface area (Å²) in [5.41, 5.74) is 2.60. The fourth-order valence-corrected chi connectivity index (χ4v) is 2.73. The summed E-state index contributed by atoms with van der Waals surface area (Å²) in [7, 11) is 0. The standard InChI is InChI=1S/C17H15FN2O2/c1-11(21)19-15-7-3-4-12-8-9-20(16(12)15)17(22)13-5-2-6-14(18)10-13/h2-7,10H,8-9H2,1H3,(H,19,21). The lowest BCUT2D eigenvalue weighted by atomic mass is 10.1. The highest BCUT2D eigenvalue weighted by atomic mass is 19.1. The first-order valence-corrected chi connectivity index (χ1v) is 7.03. The van der Waals surface area contributed by atoms with Crippen molar-refractivity contribution < 1.29 is 14.0 Å². The topological polar surface area (TPSA) is 49.4 Å². The molecule has 4 nitrogen and oxygen atoms in total. The van der Waals surface area contributed by atoms with E-state index in [0.717, 1.165) is 5.56 Å². The van der Waals surface area contributed by atoms with Crippen molar-refractivity contribution in [2.75, 3.05) is 16.8 Å². The average molecular weight is 298 g/mol. The molecule has 1 N–H and O–H groups in total. The van der Waals surface area contributed by atoms with Crippen molar-refractivity contribution in [2.24, 2.45) is 0 Å². The maximum atomic E-state index is 13.3. The molecule has 0 atom stereocenters. The molecule has 22 heavy (non-hydrogen) atoms. The van der Waals surface area contributed by atoms with Gasteiger partial charge in [-0.05, 0) is 36.2 Å². The van der Waals surface area contributed by atoms with E-state index in [1.165, 1.54) is 25.1 Å². The summed E-state index contributed by atoms with van der Waals surface area (Å²) in [5.74, 6) is -0.907. The van der Waals surface area contributed by atoms with Crippen LogP contribution in [0.3, 0.4) is 0 Å². The van der Waals surface area contributed by atoms with Gasteiger partial charge >= 0.3 is 0 Å². The number of halogens is 1. The molecule has 1 aliphatic rings. The molecular formula is C17H15FN2O2. The molecule has 0 saturated carbocycles. The third-order valence-corrected chi connectivity index (χ3v) is 3.62. The lowest BCUT2D eigenvalue weighted by Gasteiger charge is -2.20. The van der Waals surface area contributed by atoms with Crippen LogP contribution in [0.2, 0.25) is 0 Å². The summed E-state index contributed by atoms with van der Waals surface area (Å²) in [5, 5.41) is 2.75. The number of carbonyl (C=O) groups excluding carboxylic acids is 2. The first kappa shape index (κ1) is 14.3. The monoisotopic (exact) mass is 298 g/mol. The first-order chi connectivity index (χ1) is 10.6. The van der Waals surface area contributed by atoms with E-state index in [9.17, 15) is 14.0 Å². The molecule has 0 unspecified atom stereocenters. The summed E-state index contributed by atoms with van der Waals surface area (Å²) in [6, 6.07) is 11.2. The van der Waals surface area contributed by atoms with Crippen LogP contribution in [0.15, 0.2) is 42.5 Å². The van der Waals surface area contributed by atoms with Crippen LogP contribution in [0.4, 0.5) is 15.8 Å². The van der Waals surface area contributed by atoms with Crippen LogP contribution in [0.25, 0.3) is 0 Å². The Morgan fingerprint density at radius 2 is 1.95 bits per heavy atom. The molecule has 2 amide bonds. The predicted molar refractivity (Wildman–Crippen MR) is 82.5 cm³/mol. The maximum absolute atomic E-state index is 13.3. The summed E-state index contributed by atoms with van der Waals surface area (Å²) in [6.45, 7) is 1.94. The van der Waals surface area contributed by atoms with Crippen molar-refractivity contribution in [3.8, 4) is 0 Å². The number of benzene rings is 2. The molecule has 0 aliphatic carbocycles. The number of amides is 2. The Balaban J connectivity index is 2.00. The molecule has 2 aromatic carbocycles. The highest BCUT2D eigenvalue weighted by Gasteiger charge is 2.28. The van der Waals surface area contributed by atoms with Gasteiger partial charge < -0.3 is 10.2 Å². The second-order valence-corrected chi connectivity index (χ2v) is 5.21.